The van der Waals surface area contributed by atoms with Crippen LogP contribution in [-0.2, 0) is 24.2 Å². The molecule has 0 radical (unpaired) electrons. The van der Waals surface area contributed by atoms with E-state index < -0.39 is 5.97 Å². The molecule has 0 atom stereocenters. The molecule has 0 unspecified atom stereocenters. The van der Waals surface area contributed by atoms with Gasteiger partial charge in [0.15, 0.2) is 0 Å². The van der Waals surface area contributed by atoms with Crippen LogP contribution in [0.5, 0.6) is 0 Å². The van der Waals surface area contributed by atoms with E-state index in [0.29, 0.717) is 12.1 Å². The molecule has 0 saturated heterocycles. The number of carboxylic acid groups (broad SMARTS) is 1. The summed E-state index contributed by atoms with van der Waals surface area (Å²) in [5, 5.41) is 12.4. The molecule has 0 fully saturated rings. The number of aliphatic carboxylic acids is 1. The lowest BCUT2D eigenvalue weighted by Gasteiger charge is -2.17. The monoisotopic (exact) mass is 399 g/mol. The topological polar surface area (TPSA) is 42.2 Å². The summed E-state index contributed by atoms with van der Waals surface area (Å²) in [7, 11) is 0. The summed E-state index contributed by atoms with van der Waals surface area (Å²) in [4.78, 5) is 11.1. The third-order valence-electron chi connectivity index (χ3n) is 6.02. The van der Waals surface area contributed by atoms with Crippen LogP contribution in [0.3, 0.4) is 0 Å². The Balaban J connectivity index is 1.72. The second-order valence-electron chi connectivity index (χ2n) is 7.96. The van der Waals surface area contributed by atoms with Crippen LogP contribution in [0.2, 0.25) is 0 Å². The van der Waals surface area contributed by atoms with Crippen molar-refractivity contribution < 1.29 is 14.3 Å². The van der Waals surface area contributed by atoms with Crippen molar-refractivity contribution >= 4 is 33.7 Å². The first-order chi connectivity index (χ1) is 14.6. The van der Waals surface area contributed by atoms with Crippen molar-refractivity contribution in [2.75, 3.05) is 0 Å². The number of benzene rings is 3. The molecule has 4 aromatic rings. The number of halogens is 1. The number of fused-ring (bicyclic) bond motifs is 4. The third-order valence-corrected chi connectivity index (χ3v) is 6.02. The molecular weight excluding hydrogens is 377 g/mol. The van der Waals surface area contributed by atoms with E-state index in [1.54, 1.807) is 6.07 Å². The highest BCUT2D eigenvalue weighted by atomic mass is 19.1. The third kappa shape index (κ3) is 3.28. The molecule has 0 amide bonds. The Kier molecular flexibility index (Phi) is 4.62. The molecule has 30 heavy (non-hydrogen) atoms. The van der Waals surface area contributed by atoms with Gasteiger partial charge in [-0.1, -0.05) is 36.4 Å². The standard InChI is InChI=1S/C26H22FNO2/c27-21-14-20(11-12-25(29)30)26-23(15-21)22-7-3-4-8-24(22)28(26)16-17-9-10-18-5-1-2-6-19(18)13-17/h1-2,5-6,9-15H,3-4,7-8,16H2,(H,29,30)/b12-11+. The number of carbonyl (C=O) groups is 1. The molecule has 0 spiro atoms. The number of hydrogen-bond acceptors (Lipinski definition) is 1. The fourth-order valence-electron chi connectivity index (χ4n) is 4.75. The molecule has 0 saturated carbocycles. The van der Waals surface area contributed by atoms with E-state index in [-0.39, 0.29) is 5.82 Å². The number of aryl methyl sites for hydroxylation is 1. The van der Waals surface area contributed by atoms with E-state index in [1.165, 1.54) is 39.7 Å². The molecular formula is C26H22FNO2. The van der Waals surface area contributed by atoms with Gasteiger partial charge >= 0.3 is 5.97 Å². The molecule has 0 aliphatic heterocycles. The maximum Gasteiger partial charge on any atom is 0.328 e. The average Bonchev–Trinajstić information content (AvgIpc) is 3.05. The number of aromatic nitrogens is 1. The number of carboxylic acids is 1. The van der Waals surface area contributed by atoms with E-state index in [9.17, 15) is 9.18 Å². The molecule has 4 heteroatoms. The molecule has 1 heterocycles. The van der Waals surface area contributed by atoms with Gasteiger partial charge in [-0.2, -0.15) is 0 Å². The Morgan fingerprint density at radius 2 is 1.83 bits per heavy atom. The van der Waals surface area contributed by atoms with E-state index >= 15 is 0 Å². The lowest BCUT2D eigenvalue weighted by Crippen LogP contribution is -2.09. The van der Waals surface area contributed by atoms with E-state index in [1.807, 2.05) is 12.1 Å². The maximum absolute atomic E-state index is 14.4. The lowest BCUT2D eigenvalue weighted by atomic mass is 9.95. The minimum atomic E-state index is -1.04. The Morgan fingerprint density at radius 1 is 1.03 bits per heavy atom. The summed E-state index contributed by atoms with van der Waals surface area (Å²) in [5.41, 5.74) is 5.18. The number of rotatable bonds is 4. The van der Waals surface area contributed by atoms with Gasteiger partial charge in [0.05, 0.1) is 5.52 Å². The molecule has 3 aromatic carbocycles. The van der Waals surface area contributed by atoms with Crippen LogP contribution in [0, 0.1) is 5.82 Å². The Morgan fingerprint density at radius 3 is 2.67 bits per heavy atom. The largest absolute Gasteiger partial charge is 0.478 e. The first kappa shape index (κ1) is 18.6. The molecule has 1 aliphatic carbocycles. The van der Waals surface area contributed by atoms with Gasteiger partial charge in [-0.15, -0.1) is 0 Å². The van der Waals surface area contributed by atoms with Crippen LogP contribution in [0.25, 0.3) is 27.8 Å². The van der Waals surface area contributed by atoms with Gasteiger partial charge in [-0.25, -0.2) is 9.18 Å². The van der Waals surface area contributed by atoms with Crippen LogP contribution in [0.1, 0.15) is 35.2 Å². The first-order valence-electron chi connectivity index (χ1n) is 10.3. The molecule has 1 aliphatic rings. The SMILES string of the molecule is O=C(O)/C=C/c1cc(F)cc2c3c(n(Cc4ccc5ccccc5c4)c12)CCCC3. The Labute approximate surface area is 174 Å². The van der Waals surface area contributed by atoms with Crippen LogP contribution in [-0.4, -0.2) is 15.6 Å². The zero-order valence-corrected chi connectivity index (χ0v) is 16.6. The summed E-state index contributed by atoms with van der Waals surface area (Å²) in [6, 6.07) is 17.8. The molecule has 1 aromatic heterocycles. The van der Waals surface area contributed by atoms with Crippen molar-refractivity contribution in [2.45, 2.75) is 32.2 Å². The maximum atomic E-state index is 14.4. The molecule has 3 nitrogen and oxygen atoms in total. The van der Waals surface area contributed by atoms with Gasteiger partial charge in [0, 0.05) is 29.3 Å². The lowest BCUT2D eigenvalue weighted by molar-refractivity contribution is -0.131. The first-order valence-corrected chi connectivity index (χ1v) is 10.3. The second-order valence-corrected chi connectivity index (χ2v) is 7.96. The summed E-state index contributed by atoms with van der Waals surface area (Å²) >= 11 is 0. The normalized spacial score (nSPS) is 13.9. The minimum absolute atomic E-state index is 0.330. The fourth-order valence-corrected chi connectivity index (χ4v) is 4.75. The molecule has 1 N–H and O–H groups in total. The van der Waals surface area contributed by atoms with Crippen molar-refractivity contribution in [3.05, 3.63) is 88.9 Å². The van der Waals surface area contributed by atoms with Gasteiger partial charge in [0.2, 0.25) is 0 Å². The highest BCUT2D eigenvalue weighted by molar-refractivity contribution is 5.95. The predicted octanol–water partition coefficient (Wildman–Crippen LogP) is 5.96. The molecule has 0 bridgehead atoms. The molecule has 5 rings (SSSR count). The van der Waals surface area contributed by atoms with E-state index in [2.05, 4.69) is 34.9 Å². The van der Waals surface area contributed by atoms with Crippen molar-refractivity contribution in [3.63, 3.8) is 0 Å². The van der Waals surface area contributed by atoms with Crippen LogP contribution < -0.4 is 0 Å². The van der Waals surface area contributed by atoms with Crippen molar-refractivity contribution in [3.8, 4) is 0 Å². The smallest absolute Gasteiger partial charge is 0.328 e. The second kappa shape index (κ2) is 7.45. The highest BCUT2D eigenvalue weighted by Gasteiger charge is 2.22. The van der Waals surface area contributed by atoms with Crippen LogP contribution in [0.15, 0.2) is 60.7 Å². The molecule has 150 valence electrons. The summed E-state index contributed by atoms with van der Waals surface area (Å²) in [6.45, 7) is 0.677. The van der Waals surface area contributed by atoms with E-state index in [4.69, 9.17) is 5.11 Å². The van der Waals surface area contributed by atoms with Gasteiger partial charge in [-0.05, 0) is 71.9 Å². The zero-order chi connectivity index (χ0) is 20.7. The minimum Gasteiger partial charge on any atom is -0.478 e. The van der Waals surface area contributed by atoms with Gasteiger partial charge in [-0.3, -0.25) is 0 Å². The summed E-state index contributed by atoms with van der Waals surface area (Å²) < 4.78 is 16.7. The summed E-state index contributed by atoms with van der Waals surface area (Å²) in [6.07, 6.45) is 6.70. The van der Waals surface area contributed by atoms with Crippen molar-refractivity contribution in [1.82, 2.24) is 4.57 Å². The van der Waals surface area contributed by atoms with Crippen molar-refractivity contribution in [2.24, 2.45) is 0 Å². The van der Waals surface area contributed by atoms with Gasteiger partial charge < -0.3 is 9.67 Å². The zero-order valence-electron chi connectivity index (χ0n) is 16.6. The van der Waals surface area contributed by atoms with Gasteiger partial charge in [0.25, 0.3) is 0 Å². The van der Waals surface area contributed by atoms with Crippen LogP contribution >= 0.6 is 0 Å². The predicted molar refractivity (Wildman–Crippen MR) is 118 cm³/mol. The van der Waals surface area contributed by atoms with Crippen molar-refractivity contribution in [1.29, 1.82) is 0 Å². The Bertz CT molecular complexity index is 1320. The summed E-state index contributed by atoms with van der Waals surface area (Å²) in [5.74, 6) is -1.37. The van der Waals surface area contributed by atoms with Gasteiger partial charge in [0.1, 0.15) is 5.82 Å². The van der Waals surface area contributed by atoms with Crippen LogP contribution in [0.4, 0.5) is 4.39 Å². The quantitative estimate of drug-likeness (QED) is 0.430. The number of nitrogens with zero attached hydrogens (tertiary/aromatic N) is 1. The highest BCUT2D eigenvalue weighted by Crippen LogP contribution is 2.36. The van der Waals surface area contributed by atoms with E-state index in [0.717, 1.165) is 42.7 Å². The average molecular weight is 399 g/mol. The Hall–Kier alpha value is -3.40. The fraction of sp³-hybridized carbons (Fsp3) is 0.192. The number of hydrogen-bond donors (Lipinski definition) is 1.